The maximum Gasteiger partial charge on any atom is 0.302 e. The number of carbonyl (C=O) groups excluding carboxylic acids is 3. The largest absolute Gasteiger partial charge is 0.465 e. The maximum atomic E-state index is 12.6. The second-order valence-corrected chi connectivity index (χ2v) is 9.46. The second kappa shape index (κ2) is 6.03. The molecule has 0 N–H and O–H groups in total. The Hall–Kier alpha value is -1.45. The van der Waals surface area contributed by atoms with Crippen LogP contribution in [0.1, 0.15) is 65.7 Å². The molecular weight excluding hydrogens is 328 g/mol. The molecule has 4 heteroatoms. The summed E-state index contributed by atoms with van der Waals surface area (Å²) in [6.07, 6.45) is 7.74. The van der Waals surface area contributed by atoms with Crippen LogP contribution in [0.4, 0.5) is 0 Å². The molecule has 4 aliphatic carbocycles. The van der Waals surface area contributed by atoms with Gasteiger partial charge >= 0.3 is 5.97 Å². The Morgan fingerprint density at radius 1 is 1.19 bits per heavy atom. The monoisotopic (exact) mass is 358 g/mol. The summed E-state index contributed by atoms with van der Waals surface area (Å²) in [6.45, 7) is 6.34. The van der Waals surface area contributed by atoms with E-state index in [9.17, 15) is 14.4 Å². The van der Waals surface area contributed by atoms with Gasteiger partial charge in [-0.1, -0.05) is 19.4 Å². The molecule has 0 amide bonds. The summed E-state index contributed by atoms with van der Waals surface area (Å²) in [6, 6.07) is 0. The van der Waals surface area contributed by atoms with E-state index in [1.165, 1.54) is 12.5 Å². The predicted molar refractivity (Wildman–Crippen MR) is 97.2 cm³/mol. The number of esters is 1. The molecule has 3 fully saturated rings. The molecule has 0 spiro atoms. The minimum Gasteiger partial charge on any atom is -0.465 e. The van der Waals surface area contributed by atoms with E-state index in [0.29, 0.717) is 42.5 Å². The third-order valence-corrected chi connectivity index (χ3v) is 8.28. The van der Waals surface area contributed by atoms with Crippen LogP contribution in [0.3, 0.4) is 0 Å². The number of rotatable bonds is 2. The van der Waals surface area contributed by atoms with Gasteiger partial charge in [0.1, 0.15) is 12.4 Å². The van der Waals surface area contributed by atoms with E-state index in [2.05, 4.69) is 13.8 Å². The van der Waals surface area contributed by atoms with Crippen molar-refractivity contribution in [3.8, 4) is 0 Å². The number of hydrogen-bond acceptors (Lipinski definition) is 4. The number of fused-ring (bicyclic) bond motifs is 5. The van der Waals surface area contributed by atoms with Crippen LogP contribution in [-0.2, 0) is 19.1 Å². The van der Waals surface area contributed by atoms with E-state index < -0.39 is 0 Å². The molecule has 0 radical (unpaired) electrons. The summed E-state index contributed by atoms with van der Waals surface area (Å²) in [5.41, 5.74) is 0.852. The molecule has 0 aromatic heterocycles. The molecule has 6 atom stereocenters. The maximum absolute atomic E-state index is 12.6. The van der Waals surface area contributed by atoms with Gasteiger partial charge in [-0.25, -0.2) is 0 Å². The Labute approximate surface area is 155 Å². The van der Waals surface area contributed by atoms with E-state index in [1.807, 2.05) is 6.08 Å². The molecular formula is C22H30O4. The zero-order chi connectivity index (χ0) is 18.7. The first-order valence-electron chi connectivity index (χ1n) is 10.2. The van der Waals surface area contributed by atoms with Gasteiger partial charge in [-0.15, -0.1) is 0 Å². The van der Waals surface area contributed by atoms with Crippen LogP contribution in [0.15, 0.2) is 11.6 Å². The highest BCUT2D eigenvalue weighted by Gasteiger charge is 2.62. The molecule has 26 heavy (non-hydrogen) atoms. The molecule has 4 aliphatic rings. The number of carbonyl (C=O) groups is 3. The molecule has 0 aromatic rings. The molecule has 0 saturated heterocycles. The second-order valence-electron chi connectivity index (χ2n) is 9.46. The van der Waals surface area contributed by atoms with Crippen LogP contribution < -0.4 is 0 Å². The first-order chi connectivity index (χ1) is 12.3. The van der Waals surface area contributed by atoms with Gasteiger partial charge < -0.3 is 4.74 Å². The molecule has 0 heterocycles. The van der Waals surface area contributed by atoms with Gasteiger partial charge in [0.2, 0.25) is 0 Å². The molecule has 0 aliphatic heterocycles. The van der Waals surface area contributed by atoms with Crippen molar-refractivity contribution in [1.82, 2.24) is 0 Å². The number of Topliss-reactive ketones (excluding diaryl/α,β-unsaturated/α-hetero) is 1. The fourth-order valence-electron chi connectivity index (χ4n) is 6.99. The van der Waals surface area contributed by atoms with Crippen molar-refractivity contribution in [3.63, 3.8) is 0 Å². The molecule has 1 unspecified atom stereocenters. The lowest BCUT2D eigenvalue weighted by Crippen LogP contribution is -2.55. The van der Waals surface area contributed by atoms with Crippen molar-refractivity contribution in [2.45, 2.75) is 65.7 Å². The van der Waals surface area contributed by atoms with Crippen molar-refractivity contribution in [1.29, 1.82) is 0 Å². The Balaban J connectivity index is 1.75. The van der Waals surface area contributed by atoms with Crippen LogP contribution in [0.5, 0.6) is 0 Å². The van der Waals surface area contributed by atoms with Gasteiger partial charge in [0.15, 0.2) is 5.78 Å². The van der Waals surface area contributed by atoms with E-state index in [-0.39, 0.29) is 22.6 Å². The van der Waals surface area contributed by atoms with Crippen LogP contribution >= 0.6 is 0 Å². The average Bonchev–Trinajstić information content (AvgIpc) is 2.89. The highest BCUT2D eigenvalue weighted by atomic mass is 16.5. The molecule has 0 aromatic carbocycles. The van der Waals surface area contributed by atoms with Crippen LogP contribution in [0.25, 0.3) is 0 Å². The van der Waals surface area contributed by atoms with Crippen molar-refractivity contribution in [2.75, 3.05) is 6.61 Å². The van der Waals surface area contributed by atoms with Gasteiger partial charge in [-0.2, -0.15) is 0 Å². The van der Waals surface area contributed by atoms with Crippen molar-refractivity contribution >= 4 is 17.5 Å². The predicted octanol–water partition coefficient (Wildman–Crippen LogP) is 3.88. The summed E-state index contributed by atoms with van der Waals surface area (Å²) in [5.74, 6) is 2.22. The lowest BCUT2D eigenvalue weighted by molar-refractivity contribution is -0.152. The fourth-order valence-corrected chi connectivity index (χ4v) is 6.99. The normalized spacial score (nSPS) is 44.7. The van der Waals surface area contributed by atoms with Gasteiger partial charge in [-0.05, 0) is 61.9 Å². The highest BCUT2D eigenvalue weighted by molar-refractivity contribution is 5.92. The molecule has 142 valence electrons. The standard InChI is InChI=1S/C22H30O4/c1-13-10-15-11-16(24)6-9-22(15,12-26-14(2)23)18-7-8-21(3)17(20(13)18)4-5-19(21)25/h11,13,17-18,20H,4-10,12H2,1-3H3/t13?,17-,18+,20-,21-,22+/m0/s1. The van der Waals surface area contributed by atoms with E-state index in [0.717, 1.165) is 38.5 Å². The smallest absolute Gasteiger partial charge is 0.302 e. The first kappa shape index (κ1) is 17.9. The Bertz CT molecular complexity index is 692. The third kappa shape index (κ3) is 2.44. The summed E-state index contributed by atoms with van der Waals surface area (Å²) < 4.78 is 5.56. The molecule has 4 rings (SSSR count). The summed E-state index contributed by atoms with van der Waals surface area (Å²) in [4.78, 5) is 36.3. The Morgan fingerprint density at radius 3 is 2.69 bits per heavy atom. The van der Waals surface area contributed by atoms with Crippen LogP contribution in [0, 0.1) is 34.5 Å². The van der Waals surface area contributed by atoms with Crippen molar-refractivity contribution < 1.29 is 19.1 Å². The SMILES string of the molecule is CC(=O)OC[C@]12CCC(=O)C=C1CC(C)[C@@H]1[C@H]2CC[C@]2(C)C(=O)CC[C@@H]12. The zero-order valence-corrected chi connectivity index (χ0v) is 16.2. The van der Waals surface area contributed by atoms with Crippen molar-refractivity contribution in [3.05, 3.63) is 11.6 Å². The van der Waals surface area contributed by atoms with Gasteiger partial charge in [0.05, 0.1) is 0 Å². The van der Waals surface area contributed by atoms with E-state index >= 15 is 0 Å². The lowest BCUT2D eigenvalue weighted by Gasteiger charge is -2.59. The summed E-state index contributed by atoms with van der Waals surface area (Å²) in [7, 11) is 0. The van der Waals surface area contributed by atoms with Gasteiger partial charge in [-0.3, -0.25) is 14.4 Å². The minimum absolute atomic E-state index is 0.163. The van der Waals surface area contributed by atoms with E-state index in [4.69, 9.17) is 4.74 Å². The third-order valence-electron chi connectivity index (χ3n) is 8.28. The fraction of sp³-hybridized carbons (Fsp3) is 0.773. The minimum atomic E-state index is -0.248. The lowest BCUT2D eigenvalue weighted by atomic mass is 9.45. The zero-order valence-electron chi connectivity index (χ0n) is 16.2. The Morgan fingerprint density at radius 2 is 1.96 bits per heavy atom. The van der Waals surface area contributed by atoms with Crippen molar-refractivity contribution in [2.24, 2.45) is 34.5 Å². The first-order valence-corrected chi connectivity index (χ1v) is 10.2. The molecule has 4 nitrogen and oxygen atoms in total. The van der Waals surface area contributed by atoms with Crippen LogP contribution in [0.2, 0.25) is 0 Å². The number of ketones is 2. The number of ether oxygens (including phenoxy) is 1. The van der Waals surface area contributed by atoms with Crippen LogP contribution in [-0.4, -0.2) is 24.1 Å². The summed E-state index contributed by atoms with van der Waals surface area (Å²) >= 11 is 0. The summed E-state index contributed by atoms with van der Waals surface area (Å²) in [5, 5.41) is 0. The van der Waals surface area contributed by atoms with Gasteiger partial charge in [0, 0.05) is 30.6 Å². The quantitative estimate of drug-likeness (QED) is 0.703. The van der Waals surface area contributed by atoms with Gasteiger partial charge in [0.25, 0.3) is 0 Å². The number of hydrogen-bond donors (Lipinski definition) is 0. The molecule has 3 saturated carbocycles. The highest BCUT2D eigenvalue weighted by Crippen LogP contribution is 2.65. The van der Waals surface area contributed by atoms with E-state index in [1.54, 1.807) is 0 Å². The Kier molecular flexibility index (Phi) is 4.16. The molecule has 0 bridgehead atoms. The topological polar surface area (TPSA) is 60.4 Å². The average molecular weight is 358 g/mol.